The van der Waals surface area contributed by atoms with Gasteiger partial charge < -0.3 is 24.7 Å². The predicted molar refractivity (Wildman–Crippen MR) is 124 cm³/mol. The molecule has 3 unspecified atom stereocenters. The summed E-state index contributed by atoms with van der Waals surface area (Å²) in [6, 6.07) is 6.02. The minimum Gasteiger partial charge on any atom is -0.469 e. The lowest BCUT2D eigenvalue weighted by Gasteiger charge is -2.39. The van der Waals surface area contributed by atoms with Crippen molar-refractivity contribution in [1.29, 1.82) is 0 Å². The van der Waals surface area contributed by atoms with Crippen LogP contribution in [0.15, 0.2) is 24.3 Å². The standard InChI is InChI=1S/C22H23N3O6S2/c1-3-31-21(29)11-4-7-13(8-5-11)23-19(27)16-17-24-18(26)14-9-6-12(20(28)30-2)10-15(14)25(17)22(32)33-16/h4-5,7-8,12,14-15H,3,6,9-10H2,1-2H3,(H,23,27)(H,24,26). The van der Waals surface area contributed by atoms with Gasteiger partial charge in [0.25, 0.3) is 5.91 Å². The van der Waals surface area contributed by atoms with E-state index < -0.39 is 11.9 Å². The van der Waals surface area contributed by atoms with Crippen LogP contribution < -0.4 is 10.6 Å². The number of methoxy groups -OCH3 is 1. The summed E-state index contributed by atoms with van der Waals surface area (Å²) in [5.74, 6) is -1.62. The van der Waals surface area contributed by atoms with Crippen molar-refractivity contribution in [3.05, 3.63) is 38.7 Å². The summed E-state index contributed by atoms with van der Waals surface area (Å²) in [6.45, 7) is 2.00. The Morgan fingerprint density at radius 2 is 1.97 bits per heavy atom. The van der Waals surface area contributed by atoms with Gasteiger partial charge >= 0.3 is 11.9 Å². The number of aromatic nitrogens is 1. The van der Waals surface area contributed by atoms with E-state index in [-0.39, 0.29) is 41.2 Å². The second-order valence-electron chi connectivity index (χ2n) is 7.86. The molecular weight excluding hydrogens is 466 g/mol. The summed E-state index contributed by atoms with van der Waals surface area (Å²) in [5.41, 5.74) is 0.858. The summed E-state index contributed by atoms with van der Waals surface area (Å²) in [4.78, 5) is 50.0. The van der Waals surface area contributed by atoms with Crippen LogP contribution in [0.3, 0.4) is 0 Å². The number of ether oxygens (including phenoxy) is 2. The van der Waals surface area contributed by atoms with E-state index in [9.17, 15) is 19.2 Å². The highest BCUT2D eigenvalue weighted by atomic mass is 32.1. The van der Waals surface area contributed by atoms with Crippen molar-refractivity contribution >= 4 is 58.8 Å². The van der Waals surface area contributed by atoms with Crippen LogP contribution in [-0.4, -0.2) is 42.0 Å². The van der Waals surface area contributed by atoms with Gasteiger partial charge in [-0.15, -0.1) is 0 Å². The van der Waals surface area contributed by atoms with Crippen LogP contribution in [0, 0.1) is 15.8 Å². The first-order chi connectivity index (χ1) is 15.8. The highest BCUT2D eigenvalue weighted by Crippen LogP contribution is 2.45. The van der Waals surface area contributed by atoms with Gasteiger partial charge in [-0.25, -0.2) is 4.79 Å². The molecule has 1 aliphatic carbocycles. The molecule has 0 saturated heterocycles. The molecular formula is C22H23N3O6S2. The number of carbonyl (C=O) groups is 4. The van der Waals surface area contributed by atoms with E-state index in [0.717, 1.165) is 11.3 Å². The molecule has 1 aromatic heterocycles. The van der Waals surface area contributed by atoms with Gasteiger partial charge in [0.05, 0.1) is 31.1 Å². The number of amides is 2. The smallest absolute Gasteiger partial charge is 0.338 e. The zero-order valence-corrected chi connectivity index (χ0v) is 19.7. The van der Waals surface area contributed by atoms with Crippen LogP contribution in [0.1, 0.15) is 52.3 Å². The van der Waals surface area contributed by atoms with Crippen molar-refractivity contribution in [3.8, 4) is 0 Å². The van der Waals surface area contributed by atoms with E-state index in [0.29, 0.717) is 40.3 Å². The topological polar surface area (TPSA) is 116 Å². The zero-order chi connectivity index (χ0) is 23.7. The van der Waals surface area contributed by atoms with Gasteiger partial charge in [0.2, 0.25) is 5.91 Å². The number of hydrogen-bond acceptors (Lipinski definition) is 8. The fraction of sp³-hybridized carbons (Fsp3) is 0.409. The van der Waals surface area contributed by atoms with Crippen molar-refractivity contribution < 1.29 is 28.7 Å². The molecule has 2 aromatic rings. The van der Waals surface area contributed by atoms with E-state index in [1.165, 1.54) is 7.11 Å². The molecule has 4 rings (SSSR count). The summed E-state index contributed by atoms with van der Waals surface area (Å²) < 4.78 is 12.1. The van der Waals surface area contributed by atoms with Gasteiger partial charge in [-0.3, -0.25) is 14.4 Å². The third kappa shape index (κ3) is 4.42. The summed E-state index contributed by atoms with van der Waals surface area (Å²) in [7, 11) is 1.35. The number of esters is 2. The molecule has 2 amide bonds. The van der Waals surface area contributed by atoms with Crippen LogP contribution in [0.5, 0.6) is 0 Å². The van der Waals surface area contributed by atoms with Gasteiger partial charge in [-0.1, -0.05) is 11.3 Å². The molecule has 33 heavy (non-hydrogen) atoms. The summed E-state index contributed by atoms with van der Waals surface area (Å²) in [6.07, 6.45) is 1.55. The molecule has 1 aromatic carbocycles. The Balaban J connectivity index is 1.58. The van der Waals surface area contributed by atoms with Gasteiger partial charge in [-0.05, 0) is 62.7 Å². The SMILES string of the molecule is CCOC(=O)c1ccc(NC(=O)c2sc(=S)n3c2NC(=O)C2CCC(C(=O)OC)CC23)cc1. The first-order valence-electron chi connectivity index (χ1n) is 10.6. The average molecular weight is 490 g/mol. The number of anilines is 2. The maximum atomic E-state index is 13.0. The third-order valence-corrected chi connectivity index (χ3v) is 7.36. The fourth-order valence-corrected chi connectivity index (χ4v) is 5.74. The van der Waals surface area contributed by atoms with Crippen molar-refractivity contribution in [3.63, 3.8) is 0 Å². The molecule has 1 fully saturated rings. The Kier molecular flexibility index (Phi) is 6.61. The highest BCUT2D eigenvalue weighted by Gasteiger charge is 2.44. The van der Waals surface area contributed by atoms with E-state index in [1.807, 2.05) is 0 Å². The van der Waals surface area contributed by atoms with E-state index in [2.05, 4.69) is 10.6 Å². The molecule has 0 spiro atoms. The van der Waals surface area contributed by atoms with Crippen molar-refractivity contribution in [2.24, 2.45) is 11.8 Å². The highest BCUT2D eigenvalue weighted by molar-refractivity contribution is 7.73. The second kappa shape index (κ2) is 9.44. The quantitative estimate of drug-likeness (QED) is 0.485. The average Bonchev–Trinajstić information content (AvgIpc) is 3.15. The normalized spacial score (nSPS) is 21.3. The maximum absolute atomic E-state index is 13.0. The van der Waals surface area contributed by atoms with Crippen molar-refractivity contribution in [2.45, 2.75) is 32.2 Å². The molecule has 11 heteroatoms. The minimum atomic E-state index is -0.440. The van der Waals surface area contributed by atoms with Crippen LogP contribution in [0.4, 0.5) is 11.5 Å². The Morgan fingerprint density at radius 3 is 2.64 bits per heavy atom. The van der Waals surface area contributed by atoms with Gasteiger partial charge in [0, 0.05) is 11.7 Å². The molecule has 2 heterocycles. The number of hydrogen-bond donors (Lipinski definition) is 2. The Morgan fingerprint density at radius 1 is 1.24 bits per heavy atom. The number of benzene rings is 1. The molecule has 2 N–H and O–H groups in total. The Bertz CT molecular complexity index is 1170. The zero-order valence-electron chi connectivity index (χ0n) is 18.1. The van der Waals surface area contributed by atoms with E-state index >= 15 is 0 Å². The number of nitrogens with one attached hydrogen (secondary N) is 2. The first-order valence-corrected chi connectivity index (χ1v) is 11.8. The van der Waals surface area contributed by atoms with Crippen LogP contribution in [-0.2, 0) is 19.1 Å². The second-order valence-corrected chi connectivity index (χ2v) is 9.51. The minimum absolute atomic E-state index is 0.177. The van der Waals surface area contributed by atoms with Crippen LogP contribution in [0.2, 0.25) is 0 Å². The summed E-state index contributed by atoms with van der Waals surface area (Å²) in [5, 5.41) is 5.62. The number of fused-ring (bicyclic) bond motifs is 3. The lowest BCUT2D eigenvalue weighted by Crippen LogP contribution is -2.42. The Labute approximate surface area is 199 Å². The fourth-order valence-electron chi connectivity index (χ4n) is 4.38. The van der Waals surface area contributed by atoms with Gasteiger partial charge in [0.15, 0.2) is 3.95 Å². The molecule has 1 aliphatic heterocycles. The lowest BCUT2D eigenvalue weighted by molar-refractivity contribution is -0.148. The van der Waals surface area contributed by atoms with E-state index in [4.69, 9.17) is 21.7 Å². The summed E-state index contributed by atoms with van der Waals surface area (Å²) >= 11 is 6.64. The monoisotopic (exact) mass is 489 g/mol. The number of rotatable bonds is 5. The van der Waals surface area contributed by atoms with E-state index in [1.54, 1.807) is 35.8 Å². The number of thiazole rings is 1. The van der Waals surface area contributed by atoms with Crippen molar-refractivity contribution in [2.75, 3.05) is 24.4 Å². The maximum Gasteiger partial charge on any atom is 0.338 e. The van der Waals surface area contributed by atoms with Crippen molar-refractivity contribution in [1.82, 2.24) is 4.57 Å². The first kappa shape index (κ1) is 23.1. The van der Waals surface area contributed by atoms with Gasteiger partial charge in [-0.2, -0.15) is 0 Å². The predicted octanol–water partition coefficient (Wildman–Crippen LogP) is 3.79. The number of carbonyl (C=O) groups excluding carboxylic acids is 4. The molecule has 1 saturated carbocycles. The lowest BCUT2D eigenvalue weighted by atomic mass is 9.76. The molecule has 9 nitrogen and oxygen atoms in total. The van der Waals surface area contributed by atoms with Crippen LogP contribution in [0.25, 0.3) is 0 Å². The Hall–Kier alpha value is -3.05. The van der Waals surface area contributed by atoms with Crippen LogP contribution >= 0.6 is 23.6 Å². The number of nitrogens with zero attached hydrogens (tertiary/aromatic N) is 1. The third-order valence-electron chi connectivity index (χ3n) is 5.96. The molecule has 174 valence electrons. The molecule has 0 radical (unpaired) electrons. The molecule has 2 aliphatic rings. The molecule has 0 bridgehead atoms. The largest absolute Gasteiger partial charge is 0.469 e. The van der Waals surface area contributed by atoms with Gasteiger partial charge in [0.1, 0.15) is 10.7 Å². The molecule has 3 atom stereocenters.